The largest absolute Gasteiger partial charge is 0.480 e. The van der Waals surface area contributed by atoms with Crippen molar-refractivity contribution in [3.63, 3.8) is 0 Å². The van der Waals surface area contributed by atoms with Crippen LogP contribution in [0.5, 0.6) is 0 Å². The zero-order valence-electron chi connectivity index (χ0n) is 68.4. The maximum Gasteiger partial charge on any atom is 0.407 e. The van der Waals surface area contributed by atoms with E-state index in [1.165, 1.54) is 20.2 Å². The molecule has 0 spiro atoms. The number of esters is 1. The first-order chi connectivity index (χ1) is 58.2. The number of carbonyl (C=O) groups is 11. The number of alkyl carbamates (subject to hydrolysis) is 1. The highest BCUT2D eigenvalue weighted by molar-refractivity contribution is 8.76. The van der Waals surface area contributed by atoms with Crippen molar-refractivity contribution in [1.29, 1.82) is 0 Å². The molecule has 36 nitrogen and oxygen atoms in total. The van der Waals surface area contributed by atoms with E-state index in [4.69, 9.17) is 48.4 Å². The number of fused-ring (bicyclic) bond motifs is 6. The average Bonchev–Trinajstić information content (AvgIpc) is 1.56. The lowest BCUT2D eigenvalue weighted by atomic mass is 9.83. The molecule has 10 atom stereocenters. The molecule has 10 rings (SSSR count). The summed E-state index contributed by atoms with van der Waals surface area (Å²) in [6.07, 6.45) is 4.62. The Bertz CT molecular complexity index is 5380. The zero-order valence-corrected chi connectivity index (χ0v) is 72.4. The molecule has 3 aliphatic heterocycles. The van der Waals surface area contributed by atoms with Crippen molar-refractivity contribution in [1.82, 2.24) is 67.1 Å². The van der Waals surface area contributed by atoms with E-state index in [1.807, 2.05) is 62.1 Å². The molecule has 7 heterocycles. The molecular formula is C81H100Cl2N18O18S3. The molecule has 6 aromatic rings. The number of aliphatic imine (C=N–C) groups is 2. The first-order valence-electron chi connectivity index (χ1n) is 39.7. The third-order valence-electron chi connectivity index (χ3n) is 21.7. The summed E-state index contributed by atoms with van der Waals surface area (Å²) in [6.45, 7) is 13.3. The first-order valence-corrected chi connectivity index (χ1v) is 44.9. The number of rotatable bonds is 41. The van der Waals surface area contributed by atoms with Gasteiger partial charge in [-0.15, -0.1) is 23.2 Å². The number of anilines is 3. The van der Waals surface area contributed by atoms with Gasteiger partial charge in [0, 0.05) is 162 Å². The predicted octanol–water partition coefficient (Wildman–Crippen LogP) is 4.15. The quantitative estimate of drug-likeness (QED) is 0.00487. The van der Waals surface area contributed by atoms with Gasteiger partial charge in [0.15, 0.2) is 22.7 Å². The lowest BCUT2D eigenvalue weighted by molar-refractivity contribution is -0.142. The molecule has 7 amide bonds. The smallest absolute Gasteiger partial charge is 0.407 e. The number of allylic oxidation sites excluding steroid dienone is 1. The Hall–Kier alpha value is -11.0. The third-order valence-corrected chi connectivity index (χ3v) is 25.1. The SMILES string of the molecule is CC[C@H]1C2Cc3[nH]c4c(c3C)C(=O)C(C(=O)OC)/C4=C3/N=C(C=c4[nH]c(c(C(C)=O)c4C)=CC(=N2)[C@@H]1C)[C@@H](C)[C@@H]3CCC(=O)NC(Cc1ccc(N(CCCl)CCCl)cc1)C(=O)NCCNC(=O)OCCSSC[C@H](NC(=O)[C@H](CC(=O)NCCS(=O)(=O)O)NC(=O)CC[C@@H](C)NC(=O)c1ccc(NCc2cnc3nc(N)[nH]c(=O)c3n2)cc1)C(=O)O. The van der Waals surface area contributed by atoms with E-state index < -0.39 is 136 Å². The Kier molecular flexibility index (Phi) is 32.6. The molecule has 0 saturated heterocycles. The molecule has 4 aromatic heterocycles. The molecule has 0 radical (unpaired) electrons. The van der Waals surface area contributed by atoms with Gasteiger partial charge in [-0.1, -0.05) is 60.9 Å². The van der Waals surface area contributed by atoms with Gasteiger partial charge < -0.3 is 77.7 Å². The van der Waals surface area contributed by atoms with Gasteiger partial charge in [0.2, 0.25) is 35.5 Å². The predicted molar refractivity (Wildman–Crippen MR) is 464 cm³/mol. The number of carboxylic acid groups (broad SMARTS) is 1. The average molecular weight is 1780 g/mol. The topological polar surface area (TPSA) is 534 Å². The van der Waals surface area contributed by atoms with Gasteiger partial charge in [-0.05, 0) is 112 Å². The Morgan fingerprint density at radius 3 is 2.16 bits per heavy atom. The Labute approximate surface area is 720 Å². The van der Waals surface area contributed by atoms with Crippen molar-refractivity contribution in [2.45, 2.75) is 137 Å². The number of hydrogen-bond acceptors (Lipinski definition) is 26. The molecule has 15 N–H and O–H groups in total. The molecule has 122 heavy (non-hydrogen) atoms. The van der Waals surface area contributed by atoms with Gasteiger partial charge in [-0.2, -0.15) is 13.4 Å². The van der Waals surface area contributed by atoms with Crippen molar-refractivity contribution >= 4 is 178 Å². The number of nitrogens with zero attached hydrogens (tertiary/aromatic N) is 6. The number of Topliss-reactive ketones (excluding diaryl/α,β-unsaturated/α-hetero) is 2. The van der Waals surface area contributed by atoms with Crippen molar-refractivity contribution < 1.29 is 80.3 Å². The highest BCUT2D eigenvalue weighted by Gasteiger charge is 2.49. The summed E-state index contributed by atoms with van der Waals surface area (Å²) in [4.78, 5) is 197. The molecule has 4 aliphatic rings. The van der Waals surface area contributed by atoms with Crippen LogP contribution in [0, 0.1) is 43.4 Å². The van der Waals surface area contributed by atoms with Crippen LogP contribution in [0.4, 0.5) is 22.1 Å². The number of aliphatic carboxylic acids is 1. The fourth-order valence-corrected chi connectivity index (χ4v) is 18.0. The molecule has 2 aromatic carbocycles. The van der Waals surface area contributed by atoms with Crippen molar-refractivity contribution in [3.8, 4) is 0 Å². The second-order valence-electron chi connectivity index (χ2n) is 30.1. The number of benzene rings is 2. The molecule has 0 fully saturated rings. The fourth-order valence-electron chi connectivity index (χ4n) is 15.3. The molecule has 1 aliphatic carbocycles. The summed E-state index contributed by atoms with van der Waals surface area (Å²) < 4.78 is 42.5. The second-order valence-corrected chi connectivity index (χ2v) is 35.0. The maximum absolute atomic E-state index is 14.8. The fraction of sp³-hybridized carbons (Fsp3) is 0.469. The molecule has 654 valence electrons. The monoisotopic (exact) mass is 1780 g/mol. The van der Waals surface area contributed by atoms with Crippen LogP contribution in [0.1, 0.15) is 138 Å². The number of nitrogens with two attached hydrogens (primary N) is 1. The highest BCUT2D eigenvalue weighted by atomic mass is 35.5. The third kappa shape index (κ3) is 24.0. The van der Waals surface area contributed by atoms with Gasteiger partial charge >= 0.3 is 18.0 Å². The van der Waals surface area contributed by atoms with Crippen LogP contribution in [0.25, 0.3) is 28.9 Å². The minimum atomic E-state index is -4.50. The number of halogens is 2. The van der Waals surface area contributed by atoms with Crippen LogP contribution in [0.3, 0.4) is 0 Å². The van der Waals surface area contributed by atoms with E-state index in [0.29, 0.717) is 104 Å². The van der Waals surface area contributed by atoms with Crippen LogP contribution in [-0.2, 0) is 72.5 Å². The molecule has 41 heteroatoms. The molecule has 3 unspecified atom stereocenters. The van der Waals surface area contributed by atoms with Gasteiger partial charge in [-0.25, -0.2) is 19.6 Å². The molecule has 8 bridgehead atoms. The standard InChI is InChI=1S/C81H100Cl2N18O18S3/c1-9-51-41(3)53-35-58-65(45(7)102)43(5)55(93-58)33-54-42(4)52(69(96-54)67-68(79(113)118-8)72(106)66-44(6)56(97-70(66)67)34-57(51)92-53)19-21-63(104)94-59(32-46-11-17-50(18-12-46)101(27-22-82)28-23-83)75(108)86-24-25-87-81(114)119-29-30-120-121-39-61(78(111)112)98-76(109)60(36-64(105)85-26-31-122(115,116)117)95-62(103)20-10-40(2)90-74(107)47-13-15-48(16-14-47)88-37-49-38-89-73-71(91-49)77(110)100-80(84)99-73/h11-18,33,35,38,40-42,51-52,57,59-61,68,88,93,97H,9-10,19-32,34,36-37,39H2,1-8H3,(H,85,105)(H,86,108)(H,87,114)(H,90,107)(H,94,104)(H,95,103)(H,98,109)(H,111,112)(H,115,116,117)(H3,84,89,99,100,110)/b55-33?,58-35?,69-67-/t40-,41-,42+,51-,52+,57?,59?,60+,61+,68?/m1/s1. The van der Waals surface area contributed by atoms with E-state index in [-0.39, 0.29) is 116 Å². The highest BCUT2D eigenvalue weighted by Crippen LogP contribution is 2.49. The van der Waals surface area contributed by atoms with E-state index in [0.717, 1.165) is 45.1 Å². The van der Waals surface area contributed by atoms with E-state index >= 15 is 0 Å². The number of hydrogen-bond donors (Lipinski definition) is 14. The number of aromatic amines is 3. The number of nitrogens with one attached hydrogen (secondary N) is 11. The number of ketones is 2. The van der Waals surface area contributed by atoms with E-state index in [9.17, 15) is 75.6 Å². The number of methoxy groups -OCH3 is 1. The number of aromatic nitrogens is 6. The number of nitrogen functional groups attached to an aromatic ring is 1. The van der Waals surface area contributed by atoms with E-state index in [1.54, 1.807) is 31.2 Å². The van der Waals surface area contributed by atoms with Crippen LogP contribution in [0.2, 0.25) is 0 Å². The molecular weight excluding hydrogens is 1680 g/mol. The lowest BCUT2D eigenvalue weighted by Gasteiger charge is -2.24. The van der Waals surface area contributed by atoms with Crippen LogP contribution in [0.15, 0.2) is 75.2 Å². The number of carboxylic acids is 1. The number of carbonyl (C=O) groups excluding carboxylic acids is 10. The molecule has 0 saturated carbocycles. The summed E-state index contributed by atoms with van der Waals surface area (Å²) in [5, 5.41) is 32.6. The second kappa shape index (κ2) is 42.7. The van der Waals surface area contributed by atoms with E-state index in [2.05, 4.69) is 86.3 Å². The van der Waals surface area contributed by atoms with Crippen LogP contribution < -0.4 is 69.4 Å². The van der Waals surface area contributed by atoms with Gasteiger partial charge in [0.25, 0.3) is 21.6 Å². The van der Waals surface area contributed by atoms with Crippen LogP contribution in [-0.4, -0.2) is 230 Å². The Morgan fingerprint density at radius 1 is 0.787 bits per heavy atom. The normalized spacial score (nSPS) is 18.6. The minimum Gasteiger partial charge on any atom is -0.480 e. The van der Waals surface area contributed by atoms with Gasteiger partial charge in [0.05, 0.1) is 60.5 Å². The maximum atomic E-state index is 14.8. The van der Waals surface area contributed by atoms with Gasteiger partial charge in [-0.3, -0.25) is 67.5 Å². The summed E-state index contributed by atoms with van der Waals surface area (Å²) in [5.74, 6) is -9.89. The number of amides is 7. The summed E-state index contributed by atoms with van der Waals surface area (Å²) in [7, 11) is -1.22. The summed E-state index contributed by atoms with van der Waals surface area (Å²) in [5.41, 5.74) is 13.6. The first kappa shape index (κ1) is 93.3. The van der Waals surface area contributed by atoms with Crippen molar-refractivity contribution in [2.24, 2.45) is 39.6 Å². The Balaban J connectivity index is 0.728. The Morgan fingerprint density at radius 2 is 1.48 bits per heavy atom. The zero-order chi connectivity index (χ0) is 88.4. The minimum absolute atomic E-state index is 0.00868. The van der Waals surface area contributed by atoms with Crippen molar-refractivity contribution in [2.75, 3.05) is 91.4 Å². The number of H-pyrrole nitrogens is 3. The van der Waals surface area contributed by atoms with Crippen molar-refractivity contribution in [3.05, 3.63) is 132 Å². The van der Waals surface area contributed by atoms with Crippen LogP contribution >= 0.6 is 44.8 Å². The summed E-state index contributed by atoms with van der Waals surface area (Å²) >= 11 is 12.3. The number of alkyl halides is 2. The lowest BCUT2D eigenvalue weighted by Crippen LogP contribution is -2.53. The van der Waals surface area contributed by atoms with Gasteiger partial charge in [0.1, 0.15) is 30.7 Å². The number of ether oxygens (including phenoxy) is 2. The summed E-state index contributed by atoms with van der Waals surface area (Å²) in [6, 6.07) is 8.50.